The van der Waals surface area contributed by atoms with Crippen molar-refractivity contribution in [3.8, 4) is 0 Å². The summed E-state index contributed by atoms with van der Waals surface area (Å²) in [4.78, 5) is 38.0. The Balaban J connectivity index is 1.47. The Labute approximate surface area is 171 Å². The minimum absolute atomic E-state index is 0.0815. The molecule has 1 amide bonds. The number of aromatic nitrogens is 1. The Morgan fingerprint density at radius 3 is 2.33 bits per heavy atom. The number of hydrogen-bond donors (Lipinski definition) is 2. The minimum Gasteiger partial charge on any atom is -0.478 e. The molecule has 1 unspecified atom stereocenters. The molecule has 2 N–H and O–H groups in total. The van der Waals surface area contributed by atoms with Crippen LogP contribution < -0.4 is 10.9 Å². The van der Waals surface area contributed by atoms with Gasteiger partial charge in [0.1, 0.15) is 11.1 Å². The maximum absolute atomic E-state index is 13.4. The fraction of sp³-hybridized carbons (Fsp3) is 0.650. The third-order valence-electron chi connectivity index (χ3n) is 6.10. The van der Waals surface area contributed by atoms with Crippen LogP contribution >= 0.6 is 0 Å². The summed E-state index contributed by atoms with van der Waals surface area (Å²) in [7, 11) is 0. The summed E-state index contributed by atoms with van der Waals surface area (Å²) in [5.74, 6) is -1.05. The van der Waals surface area contributed by atoms with Gasteiger partial charge in [0, 0.05) is 43.2 Å². The summed E-state index contributed by atoms with van der Waals surface area (Å²) in [6, 6.07) is 1.01. The van der Waals surface area contributed by atoms with Crippen molar-refractivity contribution in [3.05, 3.63) is 28.2 Å². The van der Waals surface area contributed by atoms with E-state index in [4.69, 9.17) is 4.74 Å². The number of alkyl halides is 2. The molecule has 30 heavy (non-hydrogen) atoms. The fourth-order valence-electron chi connectivity index (χ4n) is 4.26. The highest BCUT2D eigenvalue weighted by Crippen LogP contribution is 2.49. The van der Waals surface area contributed by atoms with E-state index in [1.807, 2.05) is 0 Å². The van der Waals surface area contributed by atoms with Gasteiger partial charge in [0.15, 0.2) is 0 Å². The molecular formula is C20H25F2N3O5. The van der Waals surface area contributed by atoms with E-state index in [0.717, 1.165) is 16.8 Å². The molecular weight excluding hydrogens is 400 g/mol. The van der Waals surface area contributed by atoms with Gasteiger partial charge in [-0.3, -0.25) is 4.79 Å². The van der Waals surface area contributed by atoms with Crippen LogP contribution in [0.15, 0.2) is 17.1 Å². The van der Waals surface area contributed by atoms with E-state index >= 15 is 0 Å². The van der Waals surface area contributed by atoms with Gasteiger partial charge in [0.2, 0.25) is 0 Å². The van der Waals surface area contributed by atoms with Crippen molar-refractivity contribution in [1.29, 1.82) is 0 Å². The van der Waals surface area contributed by atoms with Crippen LogP contribution in [0.25, 0.3) is 0 Å². The van der Waals surface area contributed by atoms with Crippen LogP contribution in [0.2, 0.25) is 0 Å². The quantitative estimate of drug-likeness (QED) is 0.752. The van der Waals surface area contributed by atoms with Gasteiger partial charge >= 0.3 is 12.1 Å². The molecule has 2 aliphatic carbocycles. The molecule has 1 aliphatic heterocycles. The number of amides is 1. The topological polar surface area (TPSA) is 101 Å². The summed E-state index contributed by atoms with van der Waals surface area (Å²) in [5, 5.41) is 12.6. The highest BCUT2D eigenvalue weighted by Gasteiger charge is 2.58. The van der Waals surface area contributed by atoms with Gasteiger partial charge in [-0.2, -0.15) is 0 Å². The molecule has 0 aromatic carbocycles. The Kier molecular flexibility index (Phi) is 4.59. The second-order valence-corrected chi connectivity index (χ2v) is 9.40. The lowest BCUT2D eigenvalue weighted by Crippen LogP contribution is -2.38. The molecule has 10 heteroatoms. The average Bonchev–Trinajstić information content (AvgIpc) is 3.49. The first-order valence-electron chi connectivity index (χ1n) is 9.96. The Bertz CT molecular complexity index is 939. The second-order valence-electron chi connectivity index (χ2n) is 9.40. The van der Waals surface area contributed by atoms with E-state index in [1.165, 1.54) is 0 Å². The maximum atomic E-state index is 13.4. The van der Waals surface area contributed by atoms with E-state index in [1.54, 1.807) is 25.7 Å². The smallest absolute Gasteiger partial charge is 0.410 e. The van der Waals surface area contributed by atoms with Crippen molar-refractivity contribution >= 4 is 17.7 Å². The number of rotatable bonds is 5. The number of likely N-dealkylation sites (tertiary alicyclic amines) is 1. The Morgan fingerprint density at radius 1 is 1.27 bits per heavy atom. The first-order chi connectivity index (χ1) is 13.9. The zero-order valence-corrected chi connectivity index (χ0v) is 17.0. The summed E-state index contributed by atoms with van der Waals surface area (Å²) >= 11 is 0. The van der Waals surface area contributed by atoms with Crippen LogP contribution in [0.1, 0.15) is 44.0 Å². The number of nitrogens with zero attached hydrogens (tertiary/aromatic N) is 2. The molecule has 1 aromatic rings. The normalized spacial score (nSPS) is 26.3. The van der Waals surface area contributed by atoms with Crippen molar-refractivity contribution in [3.63, 3.8) is 0 Å². The molecule has 3 fully saturated rings. The lowest BCUT2D eigenvalue weighted by Gasteiger charge is -2.26. The molecule has 1 saturated heterocycles. The number of ether oxygens (including phenoxy) is 1. The van der Waals surface area contributed by atoms with Crippen molar-refractivity contribution in [2.24, 2.45) is 11.8 Å². The van der Waals surface area contributed by atoms with Gasteiger partial charge in [0.25, 0.3) is 12.0 Å². The molecule has 4 rings (SSSR count). The number of halogens is 2. The monoisotopic (exact) mass is 425 g/mol. The lowest BCUT2D eigenvalue weighted by atomic mass is 10.2. The predicted octanol–water partition coefficient (Wildman–Crippen LogP) is 2.58. The number of carbonyl (C=O) groups is 2. The van der Waals surface area contributed by atoms with Crippen LogP contribution in [0, 0.1) is 11.8 Å². The number of carboxylic acid groups (broad SMARTS) is 1. The Morgan fingerprint density at radius 2 is 1.87 bits per heavy atom. The van der Waals surface area contributed by atoms with Gasteiger partial charge in [-0.15, -0.1) is 0 Å². The summed E-state index contributed by atoms with van der Waals surface area (Å²) < 4.78 is 33.0. The van der Waals surface area contributed by atoms with Crippen LogP contribution in [0.5, 0.6) is 0 Å². The molecule has 8 nitrogen and oxygen atoms in total. The first-order valence-corrected chi connectivity index (χ1v) is 9.96. The van der Waals surface area contributed by atoms with Gasteiger partial charge < -0.3 is 24.6 Å². The molecule has 3 atom stereocenters. The second kappa shape index (κ2) is 6.68. The SMILES string of the molecule is CC(C)(C)OC(=O)N1C[C@@H]2C(Nc3cc(=O)n(C4(C(F)F)CC4)cc3C(=O)O)[C@@H]2C1. The zero-order chi connectivity index (χ0) is 22.0. The van der Waals surface area contributed by atoms with Crippen LogP contribution in [0.3, 0.4) is 0 Å². The molecule has 2 heterocycles. The fourth-order valence-corrected chi connectivity index (χ4v) is 4.26. The molecule has 3 aliphatic rings. The standard InChI is InChI=1S/C20H25F2N3O5/c1-19(2,3)30-18(29)24-7-10-11(8-24)15(10)23-13-6-14(26)25(9-12(13)16(27)28)20(4-5-20)17(21)22/h6,9-11,15,17,23H,4-5,7-8H2,1-3H3,(H,27,28)/t10-,11+,15?. The van der Waals surface area contributed by atoms with Gasteiger partial charge in [-0.25, -0.2) is 18.4 Å². The number of anilines is 1. The lowest BCUT2D eigenvalue weighted by molar-refractivity contribution is 0.0272. The maximum Gasteiger partial charge on any atom is 0.410 e. The predicted molar refractivity (Wildman–Crippen MR) is 103 cm³/mol. The van der Waals surface area contributed by atoms with E-state index in [-0.39, 0.29) is 48.1 Å². The third-order valence-corrected chi connectivity index (χ3v) is 6.10. The van der Waals surface area contributed by atoms with E-state index in [9.17, 15) is 28.3 Å². The number of pyridine rings is 1. The van der Waals surface area contributed by atoms with Crippen LogP contribution in [-0.4, -0.2) is 57.8 Å². The van der Waals surface area contributed by atoms with Gasteiger partial charge in [-0.1, -0.05) is 0 Å². The molecule has 0 spiro atoms. The van der Waals surface area contributed by atoms with Crippen molar-refractivity contribution in [1.82, 2.24) is 9.47 Å². The number of fused-ring (bicyclic) bond motifs is 1. The Hall–Kier alpha value is -2.65. The zero-order valence-electron chi connectivity index (χ0n) is 17.0. The number of aromatic carboxylic acids is 1. The molecule has 0 bridgehead atoms. The molecule has 2 saturated carbocycles. The van der Waals surface area contributed by atoms with E-state index in [0.29, 0.717) is 13.1 Å². The number of carbonyl (C=O) groups excluding carboxylic acids is 1. The van der Waals surface area contributed by atoms with Crippen molar-refractivity contribution in [2.45, 2.75) is 57.2 Å². The highest BCUT2D eigenvalue weighted by molar-refractivity contribution is 5.94. The van der Waals surface area contributed by atoms with Crippen LogP contribution in [-0.2, 0) is 10.3 Å². The number of nitrogens with one attached hydrogen (secondary N) is 1. The van der Waals surface area contributed by atoms with E-state index < -0.39 is 29.1 Å². The first kappa shape index (κ1) is 20.6. The van der Waals surface area contributed by atoms with Crippen LogP contribution in [0.4, 0.5) is 19.3 Å². The minimum atomic E-state index is -2.74. The summed E-state index contributed by atoms with van der Waals surface area (Å²) in [5.41, 5.74) is -2.92. The summed E-state index contributed by atoms with van der Waals surface area (Å²) in [6.45, 7) is 6.33. The third kappa shape index (κ3) is 3.52. The average molecular weight is 425 g/mol. The van der Waals surface area contributed by atoms with E-state index in [2.05, 4.69) is 5.32 Å². The van der Waals surface area contributed by atoms with Gasteiger partial charge in [0.05, 0.1) is 11.3 Å². The number of hydrogen-bond acceptors (Lipinski definition) is 5. The molecule has 0 radical (unpaired) electrons. The van der Waals surface area contributed by atoms with Crippen molar-refractivity contribution < 1.29 is 28.2 Å². The molecule has 164 valence electrons. The van der Waals surface area contributed by atoms with Gasteiger partial charge in [-0.05, 0) is 33.6 Å². The van der Waals surface area contributed by atoms with Crippen molar-refractivity contribution in [2.75, 3.05) is 18.4 Å². The largest absolute Gasteiger partial charge is 0.478 e. The number of piperidine rings is 1. The number of carboxylic acids is 1. The highest BCUT2D eigenvalue weighted by atomic mass is 19.3. The molecule has 1 aromatic heterocycles. The summed E-state index contributed by atoms with van der Waals surface area (Å²) in [6.07, 6.45) is -1.81.